The number of nitrogens with zero attached hydrogens (tertiary/aromatic N) is 1. The molecule has 0 saturated heterocycles. The summed E-state index contributed by atoms with van der Waals surface area (Å²) in [7, 11) is 0. The molecule has 0 atom stereocenters. The Morgan fingerprint density at radius 2 is 1.80 bits per heavy atom. The number of hydrogen-bond acceptors (Lipinski definition) is 3. The summed E-state index contributed by atoms with van der Waals surface area (Å²) >= 11 is 0. The highest BCUT2D eigenvalue weighted by atomic mass is 19.1. The summed E-state index contributed by atoms with van der Waals surface area (Å²) < 4.78 is 13.6. The number of aryl methyl sites for hydroxylation is 1. The second kappa shape index (κ2) is 7.57. The number of carbonyl (C=O) groups excluding carboxylic acids is 1. The molecular formula is C20H18FN3O. The van der Waals surface area contributed by atoms with E-state index in [1.807, 2.05) is 31.2 Å². The van der Waals surface area contributed by atoms with Crippen molar-refractivity contribution in [2.24, 2.45) is 0 Å². The highest BCUT2D eigenvalue weighted by Gasteiger charge is 2.06. The van der Waals surface area contributed by atoms with Crippen molar-refractivity contribution in [2.75, 3.05) is 10.6 Å². The van der Waals surface area contributed by atoms with E-state index in [9.17, 15) is 9.18 Å². The summed E-state index contributed by atoms with van der Waals surface area (Å²) in [6.07, 6.45) is 1.84. The Bertz CT molecular complexity index is 861. The summed E-state index contributed by atoms with van der Waals surface area (Å²) in [4.78, 5) is 16.3. The fourth-order valence-electron chi connectivity index (χ4n) is 2.34. The molecule has 0 bridgehead atoms. The Morgan fingerprint density at radius 1 is 1.04 bits per heavy atom. The quantitative estimate of drug-likeness (QED) is 0.724. The Labute approximate surface area is 145 Å². The molecule has 0 aliphatic carbocycles. The van der Waals surface area contributed by atoms with E-state index in [-0.39, 0.29) is 11.7 Å². The Balaban J connectivity index is 1.59. The van der Waals surface area contributed by atoms with Crippen LogP contribution < -0.4 is 10.6 Å². The number of hydrogen-bond donors (Lipinski definition) is 2. The maximum absolute atomic E-state index is 13.6. The molecule has 0 fully saturated rings. The molecule has 0 aliphatic rings. The van der Waals surface area contributed by atoms with Crippen LogP contribution in [0.15, 0.2) is 66.9 Å². The first-order chi connectivity index (χ1) is 12.1. The first kappa shape index (κ1) is 16.6. The zero-order valence-electron chi connectivity index (χ0n) is 13.8. The highest BCUT2D eigenvalue weighted by molar-refractivity contribution is 5.92. The van der Waals surface area contributed by atoms with E-state index in [0.717, 1.165) is 11.1 Å². The lowest BCUT2D eigenvalue weighted by molar-refractivity contribution is -0.115. The first-order valence-electron chi connectivity index (χ1n) is 7.93. The molecule has 1 aromatic heterocycles. The van der Waals surface area contributed by atoms with E-state index in [1.54, 1.807) is 30.3 Å². The number of carbonyl (C=O) groups is 1. The number of anilines is 3. The third-order valence-corrected chi connectivity index (χ3v) is 3.67. The van der Waals surface area contributed by atoms with E-state index >= 15 is 0 Å². The van der Waals surface area contributed by atoms with Gasteiger partial charge in [0.2, 0.25) is 5.91 Å². The summed E-state index contributed by atoms with van der Waals surface area (Å²) in [5, 5.41) is 5.70. The zero-order chi connectivity index (χ0) is 17.6. The number of amides is 1. The molecule has 2 N–H and O–H groups in total. The van der Waals surface area contributed by atoms with Crippen LogP contribution in [0.3, 0.4) is 0 Å². The Hall–Kier alpha value is -3.21. The van der Waals surface area contributed by atoms with Gasteiger partial charge in [-0.3, -0.25) is 4.79 Å². The number of halogens is 1. The van der Waals surface area contributed by atoms with Crippen molar-refractivity contribution < 1.29 is 9.18 Å². The van der Waals surface area contributed by atoms with Crippen molar-refractivity contribution in [3.63, 3.8) is 0 Å². The number of aromatic nitrogens is 1. The van der Waals surface area contributed by atoms with Crippen LogP contribution in [0, 0.1) is 12.7 Å². The van der Waals surface area contributed by atoms with Crippen LogP contribution in [-0.4, -0.2) is 10.9 Å². The second-order valence-electron chi connectivity index (χ2n) is 5.75. The molecule has 0 saturated carbocycles. The smallest absolute Gasteiger partial charge is 0.228 e. The molecule has 3 rings (SSSR count). The topological polar surface area (TPSA) is 54.0 Å². The minimum absolute atomic E-state index is 0.111. The molecular weight excluding hydrogens is 317 g/mol. The first-order valence-corrected chi connectivity index (χ1v) is 7.93. The van der Waals surface area contributed by atoms with Crippen molar-refractivity contribution >= 4 is 23.1 Å². The van der Waals surface area contributed by atoms with Crippen LogP contribution in [0.4, 0.5) is 21.6 Å². The summed E-state index contributed by atoms with van der Waals surface area (Å²) in [6.45, 7) is 2.01. The average Bonchev–Trinajstić information content (AvgIpc) is 2.61. The molecule has 25 heavy (non-hydrogen) atoms. The van der Waals surface area contributed by atoms with Crippen LogP contribution in [0.1, 0.15) is 11.1 Å². The van der Waals surface area contributed by atoms with Crippen molar-refractivity contribution in [1.82, 2.24) is 4.98 Å². The normalized spacial score (nSPS) is 10.3. The molecule has 1 amide bonds. The van der Waals surface area contributed by atoms with Crippen molar-refractivity contribution in [3.8, 4) is 0 Å². The van der Waals surface area contributed by atoms with Gasteiger partial charge < -0.3 is 10.6 Å². The van der Waals surface area contributed by atoms with Gasteiger partial charge in [-0.1, -0.05) is 42.0 Å². The van der Waals surface area contributed by atoms with Crippen LogP contribution in [0.25, 0.3) is 0 Å². The third-order valence-electron chi connectivity index (χ3n) is 3.67. The number of para-hydroxylation sites is 1. The van der Waals surface area contributed by atoms with Crippen LogP contribution in [0.2, 0.25) is 0 Å². The zero-order valence-corrected chi connectivity index (χ0v) is 13.8. The lowest BCUT2D eigenvalue weighted by atomic mass is 10.1. The van der Waals surface area contributed by atoms with E-state index in [4.69, 9.17) is 0 Å². The van der Waals surface area contributed by atoms with Gasteiger partial charge in [0.1, 0.15) is 11.6 Å². The van der Waals surface area contributed by atoms with Crippen molar-refractivity contribution in [3.05, 3.63) is 83.8 Å². The van der Waals surface area contributed by atoms with E-state index in [0.29, 0.717) is 23.6 Å². The monoisotopic (exact) mass is 335 g/mol. The number of pyridine rings is 1. The van der Waals surface area contributed by atoms with Gasteiger partial charge in [-0.2, -0.15) is 0 Å². The fourth-order valence-corrected chi connectivity index (χ4v) is 2.34. The minimum Gasteiger partial charge on any atom is -0.338 e. The maximum atomic E-state index is 13.6. The standard InChI is InChI=1S/C20H18FN3O/c1-14-6-8-15(9-7-14)12-20(25)23-16-10-11-19(22-13-16)24-18-5-3-2-4-17(18)21/h2-11,13H,12H2,1H3,(H,22,24)(H,23,25). The third kappa shape index (κ3) is 4.64. The van der Waals surface area contributed by atoms with E-state index < -0.39 is 0 Å². The number of nitrogens with one attached hydrogen (secondary N) is 2. The van der Waals surface area contributed by atoms with Crippen molar-refractivity contribution in [2.45, 2.75) is 13.3 Å². The molecule has 1 heterocycles. The molecule has 5 heteroatoms. The predicted octanol–water partition coefficient (Wildman–Crippen LogP) is 4.45. The highest BCUT2D eigenvalue weighted by Crippen LogP contribution is 2.19. The van der Waals surface area contributed by atoms with E-state index in [1.165, 1.54) is 12.3 Å². The molecule has 3 aromatic rings. The Morgan fingerprint density at radius 3 is 2.48 bits per heavy atom. The molecule has 0 radical (unpaired) electrons. The van der Waals surface area contributed by atoms with Gasteiger partial charge in [-0.25, -0.2) is 9.37 Å². The van der Waals surface area contributed by atoms with Crippen LogP contribution in [-0.2, 0) is 11.2 Å². The van der Waals surface area contributed by atoms with Gasteiger partial charge in [0.05, 0.1) is 24.0 Å². The molecule has 0 unspecified atom stereocenters. The van der Waals surface area contributed by atoms with Crippen LogP contribution >= 0.6 is 0 Å². The molecule has 0 spiro atoms. The molecule has 4 nitrogen and oxygen atoms in total. The number of rotatable bonds is 5. The lowest BCUT2D eigenvalue weighted by Gasteiger charge is -2.08. The molecule has 126 valence electrons. The molecule has 0 aliphatic heterocycles. The van der Waals surface area contributed by atoms with E-state index in [2.05, 4.69) is 15.6 Å². The average molecular weight is 335 g/mol. The summed E-state index contributed by atoms with van der Waals surface area (Å²) in [6, 6.07) is 17.6. The second-order valence-corrected chi connectivity index (χ2v) is 5.75. The van der Waals surface area contributed by atoms with Crippen LogP contribution in [0.5, 0.6) is 0 Å². The lowest BCUT2D eigenvalue weighted by Crippen LogP contribution is -2.14. The summed E-state index contributed by atoms with van der Waals surface area (Å²) in [5.41, 5.74) is 3.06. The van der Waals surface area contributed by atoms with Gasteiger partial charge in [0, 0.05) is 0 Å². The number of benzene rings is 2. The maximum Gasteiger partial charge on any atom is 0.228 e. The van der Waals surface area contributed by atoms with Crippen molar-refractivity contribution in [1.29, 1.82) is 0 Å². The van der Waals surface area contributed by atoms with Gasteiger partial charge in [0.25, 0.3) is 0 Å². The fraction of sp³-hybridized carbons (Fsp3) is 0.100. The SMILES string of the molecule is Cc1ccc(CC(=O)Nc2ccc(Nc3ccccc3F)nc2)cc1. The largest absolute Gasteiger partial charge is 0.338 e. The molecule has 2 aromatic carbocycles. The van der Waals surface area contributed by atoms with Gasteiger partial charge in [-0.05, 0) is 36.8 Å². The van der Waals surface area contributed by atoms with Gasteiger partial charge >= 0.3 is 0 Å². The summed E-state index contributed by atoms with van der Waals surface area (Å²) in [5.74, 6) is 0.0434. The Kier molecular flexibility index (Phi) is 5.04. The predicted molar refractivity (Wildman–Crippen MR) is 97.4 cm³/mol. The minimum atomic E-state index is -0.347. The van der Waals surface area contributed by atoms with Gasteiger partial charge in [0.15, 0.2) is 0 Å². The van der Waals surface area contributed by atoms with Gasteiger partial charge in [-0.15, -0.1) is 0 Å².